The van der Waals surface area contributed by atoms with Gasteiger partial charge in [-0.25, -0.2) is 9.97 Å². The molecule has 0 spiro atoms. The first kappa shape index (κ1) is 21.6. The molecule has 3 aromatic rings. The number of hydrogen-bond acceptors (Lipinski definition) is 6. The molecule has 1 aliphatic carbocycles. The van der Waals surface area contributed by atoms with Crippen molar-refractivity contribution >= 4 is 27.4 Å². The van der Waals surface area contributed by atoms with Gasteiger partial charge < -0.3 is 10.2 Å². The predicted octanol–water partition coefficient (Wildman–Crippen LogP) is 4.56. The van der Waals surface area contributed by atoms with Crippen molar-refractivity contribution < 1.29 is 13.2 Å². The topological polar surface area (TPSA) is 58.9 Å². The second-order valence-electron chi connectivity index (χ2n) is 8.82. The summed E-state index contributed by atoms with van der Waals surface area (Å²) in [5, 5.41) is 9.05. The van der Waals surface area contributed by atoms with Gasteiger partial charge in [-0.15, -0.1) is 11.3 Å². The summed E-state index contributed by atoms with van der Waals surface area (Å²) in [7, 11) is 2.01. The SMILES string of the molecule is Cn1ncc2c1CCC[C@H]2N[C@@H]1CCCN(c2ncnc3sc(CC(F)(F)F)cc23)CC1. The number of hydrogen-bond donors (Lipinski definition) is 1. The largest absolute Gasteiger partial charge is 0.393 e. The fourth-order valence-corrected chi connectivity index (χ4v) is 6.09. The minimum atomic E-state index is -4.22. The molecule has 3 aromatic heterocycles. The number of alkyl halides is 3. The van der Waals surface area contributed by atoms with Crippen LogP contribution >= 0.6 is 11.3 Å². The maximum absolute atomic E-state index is 12.9. The van der Waals surface area contributed by atoms with Crippen molar-refractivity contribution in [3.05, 3.63) is 34.7 Å². The molecule has 0 radical (unpaired) electrons. The van der Waals surface area contributed by atoms with Crippen molar-refractivity contribution in [2.45, 2.75) is 63.2 Å². The minimum absolute atomic E-state index is 0.285. The van der Waals surface area contributed by atoms with E-state index >= 15 is 0 Å². The molecule has 1 aliphatic heterocycles. The number of thiophene rings is 1. The molecule has 0 bridgehead atoms. The van der Waals surface area contributed by atoms with Crippen LogP contribution in [0.15, 0.2) is 18.6 Å². The Kier molecular flexibility index (Phi) is 5.83. The van der Waals surface area contributed by atoms with E-state index in [1.165, 1.54) is 24.0 Å². The molecule has 0 amide bonds. The van der Waals surface area contributed by atoms with Crippen molar-refractivity contribution in [1.29, 1.82) is 0 Å². The Morgan fingerprint density at radius 1 is 1.16 bits per heavy atom. The van der Waals surface area contributed by atoms with E-state index < -0.39 is 12.6 Å². The van der Waals surface area contributed by atoms with E-state index in [0.717, 1.165) is 67.7 Å². The molecule has 1 saturated heterocycles. The zero-order chi connectivity index (χ0) is 22.3. The molecule has 6 nitrogen and oxygen atoms in total. The number of nitrogens with one attached hydrogen (secondary N) is 1. The van der Waals surface area contributed by atoms with Gasteiger partial charge in [0, 0.05) is 48.4 Å². The molecule has 10 heteroatoms. The summed E-state index contributed by atoms with van der Waals surface area (Å²) in [5.41, 5.74) is 2.66. The molecule has 1 N–H and O–H groups in total. The van der Waals surface area contributed by atoms with Gasteiger partial charge in [0.05, 0.1) is 18.0 Å². The molecule has 5 rings (SSSR count). The summed E-state index contributed by atoms with van der Waals surface area (Å²) < 4.78 is 40.6. The molecular weight excluding hydrogens is 437 g/mol. The van der Waals surface area contributed by atoms with E-state index in [1.54, 1.807) is 6.07 Å². The van der Waals surface area contributed by atoms with E-state index in [9.17, 15) is 13.2 Å². The van der Waals surface area contributed by atoms with Crippen LogP contribution in [0.5, 0.6) is 0 Å². The summed E-state index contributed by atoms with van der Waals surface area (Å²) in [6.45, 7) is 1.67. The summed E-state index contributed by atoms with van der Waals surface area (Å²) in [6, 6.07) is 2.36. The van der Waals surface area contributed by atoms with E-state index in [4.69, 9.17) is 0 Å². The fraction of sp³-hybridized carbons (Fsp3) is 0.591. The maximum Gasteiger partial charge on any atom is 0.393 e. The molecule has 1 fully saturated rings. The summed E-state index contributed by atoms with van der Waals surface area (Å²) in [6.07, 6.45) is 4.76. The second-order valence-corrected chi connectivity index (χ2v) is 9.93. The fourth-order valence-electron chi connectivity index (χ4n) is 5.07. The average molecular weight is 465 g/mol. The maximum atomic E-state index is 12.9. The van der Waals surface area contributed by atoms with E-state index in [1.807, 2.05) is 17.9 Å². The summed E-state index contributed by atoms with van der Waals surface area (Å²) in [4.78, 5) is 11.8. The van der Waals surface area contributed by atoms with Gasteiger partial charge in [0.25, 0.3) is 0 Å². The monoisotopic (exact) mass is 464 g/mol. The Labute approximate surface area is 188 Å². The quantitative estimate of drug-likeness (QED) is 0.614. The van der Waals surface area contributed by atoms with Crippen molar-refractivity contribution in [2.75, 3.05) is 18.0 Å². The summed E-state index contributed by atoms with van der Waals surface area (Å²) >= 11 is 1.11. The standard InChI is InChI=1S/C22H27F3N6S/c1-30-19-6-2-5-18(17(19)12-28-30)29-14-4-3-8-31(9-7-14)20-16-10-15(11-22(23,24)25)32-21(16)27-13-26-20/h10,12-14,18,29H,2-9,11H2,1H3/t14-,18-/m1/s1. The Morgan fingerprint density at radius 3 is 2.88 bits per heavy atom. The van der Waals surface area contributed by atoms with E-state index in [-0.39, 0.29) is 4.88 Å². The number of rotatable bonds is 4. The van der Waals surface area contributed by atoms with E-state index in [2.05, 4.69) is 25.3 Å². The van der Waals surface area contributed by atoms with Gasteiger partial charge in [-0.05, 0) is 44.6 Å². The highest BCUT2D eigenvalue weighted by molar-refractivity contribution is 7.18. The lowest BCUT2D eigenvalue weighted by Crippen LogP contribution is -2.35. The number of aromatic nitrogens is 4. The molecular formula is C22H27F3N6S. The average Bonchev–Trinajstić information content (AvgIpc) is 3.23. The highest BCUT2D eigenvalue weighted by atomic mass is 32.1. The van der Waals surface area contributed by atoms with Crippen molar-refractivity contribution in [3.8, 4) is 0 Å². The number of fused-ring (bicyclic) bond motifs is 2. The van der Waals surface area contributed by atoms with Crippen LogP contribution in [0.2, 0.25) is 0 Å². The van der Waals surface area contributed by atoms with Crippen LogP contribution in [0.25, 0.3) is 10.2 Å². The Bertz CT molecular complexity index is 1090. The van der Waals surface area contributed by atoms with E-state index in [0.29, 0.717) is 16.9 Å². The Balaban J connectivity index is 1.29. The smallest absolute Gasteiger partial charge is 0.356 e. The lowest BCUT2D eigenvalue weighted by atomic mass is 9.92. The third-order valence-corrected chi connectivity index (χ3v) is 7.62. The van der Waals surface area contributed by atoms with Crippen LogP contribution in [-0.4, -0.2) is 45.1 Å². The van der Waals surface area contributed by atoms with Crippen LogP contribution in [0.4, 0.5) is 19.0 Å². The normalized spacial score (nSPS) is 22.2. The number of nitrogens with zero attached hydrogens (tertiary/aromatic N) is 5. The zero-order valence-corrected chi connectivity index (χ0v) is 18.8. The van der Waals surface area contributed by atoms with Gasteiger partial charge in [-0.2, -0.15) is 18.3 Å². The number of anilines is 1. The number of aryl methyl sites for hydroxylation is 1. The third kappa shape index (κ3) is 4.47. The molecule has 0 unspecified atom stereocenters. The van der Waals surface area contributed by atoms with Crippen molar-refractivity contribution in [1.82, 2.24) is 25.1 Å². The molecule has 2 atom stereocenters. The van der Waals surface area contributed by atoms with Gasteiger partial charge in [0.1, 0.15) is 17.0 Å². The lowest BCUT2D eigenvalue weighted by Gasteiger charge is -2.28. The minimum Gasteiger partial charge on any atom is -0.356 e. The van der Waals surface area contributed by atoms with Crippen molar-refractivity contribution in [2.24, 2.45) is 7.05 Å². The highest BCUT2D eigenvalue weighted by Gasteiger charge is 2.30. The molecule has 172 valence electrons. The second kappa shape index (κ2) is 8.62. The van der Waals surface area contributed by atoms with Crippen LogP contribution in [0.3, 0.4) is 0 Å². The Hall–Kier alpha value is -2.20. The molecule has 0 aromatic carbocycles. The lowest BCUT2D eigenvalue weighted by molar-refractivity contribution is -0.126. The van der Waals surface area contributed by atoms with Gasteiger partial charge in [0.2, 0.25) is 0 Å². The first-order valence-electron chi connectivity index (χ1n) is 11.2. The highest BCUT2D eigenvalue weighted by Crippen LogP contribution is 2.35. The molecule has 4 heterocycles. The van der Waals surface area contributed by atoms with Gasteiger partial charge in [-0.3, -0.25) is 4.68 Å². The van der Waals surface area contributed by atoms with Gasteiger partial charge >= 0.3 is 6.18 Å². The first-order valence-corrected chi connectivity index (χ1v) is 12.0. The number of halogens is 3. The van der Waals surface area contributed by atoms with Crippen LogP contribution < -0.4 is 10.2 Å². The van der Waals surface area contributed by atoms with Crippen molar-refractivity contribution in [3.63, 3.8) is 0 Å². The van der Waals surface area contributed by atoms with Crippen LogP contribution in [0.1, 0.15) is 54.3 Å². The zero-order valence-electron chi connectivity index (χ0n) is 18.0. The van der Waals surface area contributed by atoms with Crippen LogP contribution in [0, 0.1) is 0 Å². The Morgan fingerprint density at radius 2 is 2.03 bits per heavy atom. The third-order valence-electron chi connectivity index (χ3n) is 6.57. The summed E-state index contributed by atoms with van der Waals surface area (Å²) in [5.74, 6) is 0.757. The predicted molar refractivity (Wildman–Crippen MR) is 119 cm³/mol. The first-order chi connectivity index (χ1) is 15.4. The van der Waals surface area contributed by atoms with Gasteiger partial charge in [-0.1, -0.05) is 0 Å². The molecule has 2 aliphatic rings. The molecule has 0 saturated carbocycles. The molecule has 32 heavy (non-hydrogen) atoms. The van der Waals surface area contributed by atoms with Gasteiger partial charge in [0.15, 0.2) is 0 Å². The van der Waals surface area contributed by atoms with Crippen LogP contribution in [-0.2, 0) is 19.9 Å².